The van der Waals surface area contributed by atoms with Gasteiger partial charge in [-0.25, -0.2) is 18.2 Å². The molecule has 0 spiro atoms. The van der Waals surface area contributed by atoms with E-state index in [1.807, 2.05) is 0 Å². The van der Waals surface area contributed by atoms with Crippen LogP contribution in [-0.2, 0) is 14.6 Å². The van der Waals surface area contributed by atoms with Crippen molar-refractivity contribution in [1.82, 2.24) is 10.2 Å². The van der Waals surface area contributed by atoms with E-state index < -0.39 is 38.7 Å². The number of carboxylic acid groups (broad SMARTS) is 1. The number of benzene rings is 2. The van der Waals surface area contributed by atoms with Crippen molar-refractivity contribution in [2.24, 2.45) is 10.9 Å². The number of aliphatic carboxylic acids is 1. The molecule has 1 heterocycles. The normalized spacial score (nSPS) is 18.3. The molecule has 2 amide bonds. The first-order valence-electron chi connectivity index (χ1n) is 10.5. The average Bonchev–Trinajstić information content (AvgIpc) is 2.79. The fourth-order valence-electron chi connectivity index (χ4n) is 3.86. The fraction of sp³-hybridized carbons (Fsp3) is 0.318. The summed E-state index contributed by atoms with van der Waals surface area (Å²) in [5.74, 6) is -2.74. The largest absolute Gasteiger partial charge is 0.481 e. The van der Waals surface area contributed by atoms with Crippen LogP contribution >= 0.6 is 11.6 Å². The standard InChI is InChI=1S/C22H23ClN4O7S/c1-14-19(21(28)29)20(15-4-2-5-17(12-15)27(31)32)26(22(30)25-14)11-3-10-24-13-35(33,34)18-8-6-16(23)7-9-18/h2,4-9,12,19-20,24H,3,10-11,13H2,1H3,(H,28,29). The molecule has 2 aromatic carbocycles. The van der Waals surface area contributed by atoms with Gasteiger partial charge in [-0.2, -0.15) is 0 Å². The molecule has 11 nitrogen and oxygen atoms in total. The number of aliphatic imine (C=N–C) groups is 1. The van der Waals surface area contributed by atoms with Crippen LogP contribution in [-0.4, -0.2) is 60.0 Å². The quantitative estimate of drug-likeness (QED) is 0.273. The summed E-state index contributed by atoms with van der Waals surface area (Å²) in [6.45, 7) is 1.70. The Kier molecular flexibility index (Phi) is 8.20. The lowest BCUT2D eigenvalue weighted by molar-refractivity contribution is -0.385. The summed E-state index contributed by atoms with van der Waals surface area (Å²) in [4.78, 5) is 40.6. The Morgan fingerprint density at radius 3 is 2.57 bits per heavy atom. The van der Waals surface area contributed by atoms with Gasteiger partial charge in [0, 0.05) is 29.4 Å². The van der Waals surface area contributed by atoms with E-state index in [2.05, 4.69) is 10.3 Å². The number of nitro benzene ring substituents is 1. The third-order valence-corrected chi connectivity index (χ3v) is 7.35. The van der Waals surface area contributed by atoms with E-state index in [0.29, 0.717) is 10.6 Å². The molecule has 2 atom stereocenters. The fourth-order valence-corrected chi connectivity index (χ4v) is 5.12. The molecule has 1 aliphatic heterocycles. The predicted octanol–water partition coefficient (Wildman–Crippen LogP) is 3.30. The van der Waals surface area contributed by atoms with E-state index in [9.17, 15) is 33.2 Å². The Hall–Kier alpha value is -3.35. The minimum atomic E-state index is -3.60. The maximum Gasteiger partial charge on any atom is 0.344 e. The summed E-state index contributed by atoms with van der Waals surface area (Å²) >= 11 is 5.79. The number of halogens is 1. The molecule has 3 rings (SSSR count). The number of hydrogen-bond acceptors (Lipinski definition) is 7. The van der Waals surface area contributed by atoms with Gasteiger partial charge in [-0.15, -0.1) is 0 Å². The van der Waals surface area contributed by atoms with E-state index in [4.69, 9.17) is 11.6 Å². The van der Waals surface area contributed by atoms with Crippen molar-refractivity contribution in [2.75, 3.05) is 19.0 Å². The van der Waals surface area contributed by atoms with E-state index >= 15 is 0 Å². The maximum absolute atomic E-state index is 12.7. The number of carbonyl (C=O) groups excluding carboxylic acids is 1. The summed E-state index contributed by atoms with van der Waals surface area (Å²) in [6, 6.07) is 9.58. The number of nitro groups is 1. The Morgan fingerprint density at radius 1 is 1.26 bits per heavy atom. The minimum absolute atomic E-state index is 0.0563. The molecule has 0 bridgehead atoms. The highest BCUT2D eigenvalue weighted by atomic mass is 35.5. The summed E-state index contributed by atoms with van der Waals surface area (Å²) in [5, 5.41) is 24.3. The first-order chi connectivity index (χ1) is 16.5. The van der Waals surface area contributed by atoms with Crippen LogP contribution in [0.2, 0.25) is 5.02 Å². The van der Waals surface area contributed by atoms with Gasteiger partial charge < -0.3 is 15.3 Å². The summed E-state index contributed by atoms with van der Waals surface area (Å²) in [5.41, 5.74) is 0.170. The Labute approximate surface area is 206 Å². The third-order valence-electron chi connectivity index (χ3n) is 5.53. The molecular weight excluding hydrogens is 500 g/mol. The van der Waals surface area contributed by atoms with Gasteiger partial charge in [0.15, 0.2) is 9.84 Å². The molecule has 0 aromatic heterocycles. The highest BCUT2D eigenvalue weighted by Crippen LogP contribution is 2.35. The molecule has 0 saturated heterocycles. The summed E-state index contributed by atoms with van der Waals surface area (Å²) < 4.78 is 24.9. The Bertz CT molecular complexity index is 1260. The van der Waals surface area contributed by atoms with Crippen LogP contribution in [0.5, 0.6) is 0 Å². The maximum atomic E-state index is 12.7. The molecule has 0 aliphatic carbocycles. The van der Waals surface area contributed by atoms with Gasteiger partial charge in [0.25, 0.3) is 5.69 Å². The zero-order valence-corrected chi connectivity index (χ0v) is 20.2. The number of carbonyl (C=O) groups is 2. The lowest BCUT2D eigenvalue weighted by atomic mass is 9.86. The topological polar surface area (TPSA) is 159 Å². The SMILES string of the molecule is CC1=NC(=O)N(CCCNCS(=O)(=O)c2ccc(Cl)cc2)C(c2cccc([N+](=O)[O-])c2)C1C(=O)O. The number of nitrogens with one attached hydrogen (secondary N) is 1. The zero-order valence-electron chi connectivity index (χ0n) is 18.6. The summed E-state index contributed by atoms with van der Waals surface area (Å²) in [6.07, 6.45) is 0.286. The highest BCUT2D eigenvalue weighted by molar-refractivity contribution is 7.91. The van der Waals surface area contributed by atoms with Gasteiger partial charge in [-0.3, -0.25) is 14.9 Å². The number of rotatable bonds is 10. The van der Waals surface area contributed by atoms with Crippen LogP contribution in [0.15, 0.2) is 58.4 Å². The number of urea groups is 1. The lowest BCUT2D eigenvalue weighted by Gasteiger charge is -2.37. The van der Waals surface area contributed by atoms with Crippen molar-refractivity contribution in [2.45, 2.75) is 24.3 Å². The number of carboxylic acids is 1. The second-order valence-corrected chi connectivity index (χ2v) is 10.3. The van der Waals surface area contributed by atoms with Crippen LogP contribution in [0.25, 0.3) is 0 Å². The Morgan fingerprint density at radius 2 is 1.94 bits per heavy atom. The zero-order chi connectivity index (χ0) is 25.8. The smallest absolute Gasteiger partial charge is 0.344 e. The monoisotopic (exact) mass is 522 g/mol. The van der Waals surface area contributed by atoms with Gasteiger partial charge in [0.05, 0.1) is 15.9 Å². The molecule has 2 aromatic rings. The second kappa shape index (κ2) is 10.9. The van der Waals surface area contributed by atoms with Crippen LogP contribution in [0.1, 0.15) is 24.9 Å². The van der Waals surface area contributed by atoms with E-state index in [0.717, 1.165) is 0 Å². The predicted molar refractivity (Wildman–Crippen MR) is 128 cm³/mol. The average molecular weight is 523 g/mol. The van der Waals surface area contributed by atoms with E-state index in [1.54, 1.807) is 0 Å². The molecule has 0 saturated carbocycles. The molecular formula is C22H23ClN4O7S. The summed E-state index contributed by atoms with van der Waals surface area (Å²) in [7, 11) is -3.60. The molecule has 2 N–H and O–H groups in total. The number of sulfone groups is 1. The number of hydrogen-bond donors (Lipinski definition) is 2. The molecule has 186 valence electrons. The van der Waals surface area contributed by atoms with E-state index in [1.165, 1.54) is 60.4 Å². The van der Waals surface area contributed by atoms with Crippen LogP contribution in [0.4, 0.5) is 10.5 Å². The van der Waals surface area contributed by atoms with Gasteiger partial charge in [0.1, 0.15) is 11.8 Å². The third kappa shape index (κ3) is 6.21. The lowest BCUT2D eigenvalue weighted by Crippen LogP contribution is -2.47. The van der Waals surface area contributed by atoms with Gasteiger partial charge >= 0.3 is 12.0 Å². The van der Waals surface area contributed by atoms with Gasteiger partial charge in [0.2, 0.25) is 0 Å². The first-order valence-corrected chi connectivity index (χ1v) is 12.6. The molecule has 0 radical (unpaired) electrons. The van der Waals surface area contributed by atoms with Crippen molar-refractivity contribution in [3.8, 4) is 0 Å². The highest BCUT2D eigenvalue weighted by Gasteiger charge is 2.42. The number of non-ortho nitro benzene ring substituents is 1. The van der Waals surface area contributed by atoms with Crippen molar-refractivity contribution >= 4 is 44.8 Å². The van der Waals surface area contributed by atoms with Gasteiger partial charge in [-0.1, -0.05) is 23.7 Å². The van der Waals surface area contributed by atoms with Crippen LogP contribution in [0.3, 0.4) is 0 Å². The molecule has 2 unspecified atom stereocenters. The van der Waals surface area contributed by atoms with Crippen molar-refractivity contribution in [3.63, 3.8) is 0 Å². The van der Waals surface area contributed by atoms with Crippen LogP contribution < -0.4 is 5.32 Å². The molecule has 35 heavy (non-hydrogen) atoms. The van der Waals surface area contributed by atoms with Crippen LogP contribution in [0, 0.1) is 16.0 Å². The number of nitrogens with zero attached hydrogens (tertiary/aromatic N) is 3. The van der Waals surface area contributed by atoms with Crippen molar-refractivity contribution < 1.29 is 28.0 Å². The van der Waals surface area contributed by atoms with E-state index in [-0.39, 0.29) is 41.7 Å². The van der Waals surface area contributed by atoms with Crippen molar-refractivity contribution in [3.05, 3.63) is 69.2 Å². The minimum Gasteiger partial charge on any atom is -0.481 e. The molecule has 1 aliphatic rings. The van der Waals surface area contributed by atoms with Gasteiger partial charge in [-0.05, 0) is 49.7 Å². The molecule has 0 fully saturated rings. The molecule has 13 heteroatoms. The van der Waals surface area contributed by atoms with Crippen molar-refractivity contribution in [1.29, 1.82) is 0 Å². The first kappa shape index (κ1) is 26.3. The Balaban J connectivity index is 1.73. The second-order valence-electron chi connectivity index (χ2n) is 7.91. The number of amides is 2.